The Morgan fingerprint density at radius 2 is 1.78 bits per heavy atom. The van der Waals surface area contributed by atoms with E-state index in [1.807, 2.05) is 44.2 Å². The van der Waals surface area contributed by atoms with E-state index in [1.165, 1.54) is 11.8 Å². The molecule has 1 fully saturated rings. The van der Waals surface area contributed by atoms with Gasteiger partial charge in [-0.25, -0.2) is 9.97 Å². The van der Waals surface area contributed by atoms with E-state index in [9.17, 15) is 9.59 Å². The molecule has 3 aromatic rings. The summed E-state index contributed by atoms with van der Waals surface area (Å²) in [5.74, 6) is 0.320. The number of esters is 1. The van der Waals surface area contributed by atoms with Crippen LogP contribution in [0.4, 0.5) is 0 Å². The standard InChI is InChI=1S/C32H38Cl2N4O5S.ClH/c1-32(2,12-11-20-7-9-24(33)25(34)14-20)43-30(40)23(26-6-5-13-35-26)18-36-29(39)19-44-31-37-16-22(17-38-31)21-8-10-27(41-3)28(15-21)42-4;/h7-10,14-17,23,26,35H,5-6,11-13,18-19H2,1-4H3,(H,36,39);1H/t23-,26?;/m1./s1. The molecule has 1 unspecified atom stereocenters. The molecule has 4 rings (SSSR count). The van der Waals surface area contributed by atoms with Crippen LogP contribution in [0.2, 0.25) is 10.0 Å². The molecule has 0 radical (unpaired) electrons. The molecule has 0 bridgehead atoms. The number of hydrogen-bond donors (Lipinski definition) is 2. The van der Waals surface area contributed by atoms with Crippen molar-refractivity contribution < 1.29 is 23.8 Å². The lowest BCUT2D eigenvalue weighted by molar-refractivity contribution is -0.163. The van der Waals surface area contributed by atoms with Crippen LogP contribution in [0.5, 0.6) is 11.5 Å². The Morgan fingerprint density at radius 3 is 2.42 bits per heavy atom. The molecule has 1 aromatic heterocycles. The van der Waals surface area contributed by atoms with Crippen LogP contribution in [0.3, 0.4) is 0 Å². The SMILES string of the molecule is COc1ccc(-c2cnc(SCC(=O)NC[C@@H](C(=O)OC(C)(C)CCc3ccc(Cl)c(Cl)c3)C3CCCN3)nc2)cc1OC.Cl. The van der Waals surface area contributed by atoms with Crippen molar-refractivity contribution in [3.05, 3.63) is 64.4 Å². The summed E-state index contributed by atoms with van der Waals surface area (Å²) in [5, 5.41) is 7.78. The minimum atomic E-state index is -0.708. The van der Waals surface area contributed by atoms with Crippen LogP contribution in [0, 0.1) is 5.92 Å². The maximum atomic E-state index is 13.4. The molecule has 2 heterocycles. The highest BCUT2D eigenvalue weighted by Gasteiger charge is 2.35. The summed E-state index contributed by atoms with van der Waals surface area (Å²) >= 11 is 13.4. The first-order chi connectivity index (χ1) is 21.1. The summed E-state index contributed by atoms with van der Waals surface area (Å²) in [6, 6.07) is 11.0. The zero-order valence-electron chi connectivity index (χ0n) is 25.7. The van der Waals surface area contributed by atoms with Gasteiger partial charge in [0, 0.05) is 30.5 Å². The maximum Gasteiger partial charge on any atom is 0.312 e. The lowest BCUT2D eigenvalue weighted by atomic mass is 9.95. The minimum absolute atomic E-state index is 0. The first-order valence-corrected chi connectivity index (χ1v) is 16.2. The van der Waals surface area contributed by atoms with Gasteiger partial charge >= 0.3 is 5.97 Å². The Bertz CT molecular complexity index is 1440. The smallest absolute Gasteiger partial charge is 0.312 e. The van der Waals surface area contributed by atoms with Crippen LogP contribution in [0.1, 0.15) is 38.7 Å². The molecule has 244 valence electrons. The van der Waals surface area contributed by atoms with Crippen molar-refractivity contribution in [3.8, 4) is 22.6 Å². The number of nitrogens with one attached hydrogen (secondary N) is 2. The number of amides is 1. The lowest BCUT2D eigenvalue weighted by Gasteiger charge is -2.30. The molecule has 1 saturated heterocycles. The van der Waals surface area contributed by atoms with Gasteiger partial charge in [-0.05, 0) is 81.5 Å². The molecule has 2 aromatic carbocycles. The van der Waals surface area contributed by atoms with Crippen molar-refractivity contribution in [1.82, 2.24) is 20.6 Å². The third-order valence-corrected chi connectivity index (χ3v) is 9.07. The van der Waals surface area contributed by atoms with E-state index in [0.717, 1.165) is 36.1 Å². The normalized spacial score (nSPS) is 15.1. The molecule has 0 saturated carbocycles. The summed E-state index contributed by atoms with van der Waals surface area (Å²) in [5.41, 5.74) is 2.00. The number of benzene rings is 2. The van der Waals surface area contributed by atoms with Gasteiger partial charge in [0.25, 0.3) is 0 Å². The highest BCUT2D eigenvalue weighted by Crippen LogP contribution is 2.32. The number of ether oxygens (including phenoxy) is 3. The van der Waals surface area contributed by atoms with Crippen LogP contribution in [-0.2, 0) is 20.7 Å². The molecule has 1 aliphatic heterocycles. The van der Waals surface area contributed by atoms with Gasteiger partial charge in [-0.1, -0.05) is 47.1 Å². The van der Waals surface area contributed by atoms with Gasteiger partial charge in [-0.15, -0.1) is 12.4 Å². The van der Waals surface area contributed by atoms with Crippen LogP contribution >= 0.6 is 47.4 Å². The van der Waals surface area contributed by atoms with E-state index in [-0.39, 0.29) is 42.6 Å². The Morgan fingerprint density at radius 1 is 1.04 bits per heavy atom. The topological polar surface area (TPSA) is 112 Å². The number of nitrogens with zero attached hydrogens (tertiary/aromatic N) is 2. The average molecular weight is 698 g/mol. The Labute approximate surface area is 284 Å². The molecule has 1 aliphatic rings. The van der Waals surface area contributed by atoms with Crippen molar-refractivity contribution in [2.75, 3.05) is 33.1 Å². The minimum Gasteiger partial charge on any atom is -0.493 e. The third-order valence-electron chi connectivity index (χ3n) is 7.46. The number of thioether (sulfide) groups is 1. The largest absolute Gasteiger partial charge is 0.493 e. The van der Waals surface area contributed by atoms with E-state index in [2.05, 4.69) is 20.6 Å². The summed E-state index contributed by atoms with van der Waals surface area (Å²) in [4.78, 5) is 35.0. The van der Waals surface area contributed by atoms with Crippen molar-refractivity contribution in [1.29, 1.82) is 0 Å². The number of aryl methyl sites for hydroxylation is 1. The zero-order chi connectivity index (χ0) is 31.7. The van der Waals surface area contributed by atoms with Gasteiger partial charge in [0.2, 0.25) is 5.91 Å². The number of aromatic nitrogens is 2. The van der Waals surface area contributed by atoms with Crippen molar-refractivity contribution in [2.24, 2.45) is 5.92 Å². The van der Waals surface area contributed by atoms with Gasteiger partial charge in [0.1, 0.15) is 5.60 Å². The van der Waals surface area contributed by atoms with Crippen LogP contribution in [0.15, 0.2) is 53.9 Å². The lowest BCUT2D eigenvalue weighted by Crippen LogP contribution is -2.46. The second kappa shape index (κ2) is 17.2. The molecule has 1 amide bonds. The summed E-state index contributed by atoms with van der Waals surface area (Å²) in [6.45, 7) is 4.80. The first kappa shape index (κ1) is 36.7. The van der Waals surface area contributed by atoms with Gasteiger partial charge in [-0.3, -0.25) is 9.59 Å². The van der Waals surface area contributed by atoms with E-state index < -0.39 is 11.5 Å². The van der Waals surface area contributed by atoms with Crippen LogP contribution in [-0.4, -0.2) is 66.5 Å². The predicted octanol–water partition coefficient (Wildman–Crippen LogP) is 6.42. The fourth-order valence-corrected chi connectivity index (χ4v) is 5.88. The third kappa shape index (κ3) is 10.6. The van der Waals surface area contributed by atoms with E-state index in [1.54, 1.807) is 32.7 Å². The molecule has 0 spiro atoms. The number of halogens is 3. The van der Waals surface area contributed by atoms with Gasteiger partial charge in [0.05, 0.1) is 35.9 Å². The quantitative estimate of drug-likeness (QED) is 0.112. The van der Waals surface area contributed by atoms with E-state index in [0.29, 0.717) is 39.5 Å². The molecule has 0 aliphatic carbocycles. The molecule has 9 nitrogen and oxygen atoms in total. The summed E-state index contributed by atoms with van der Waals surface area (Å²) < 4.78 is 16.7. The fraction of sp³-hybridized carbons (Fsp3) is 0.438. The Balaban J connectivity index is 0.00000552. The van der Waals surface area contributed by atoms with Crippen LogP contribution < -0.4 is 20.1 Å². The highest BCUT2D eigenvalue weighted by molar-refractivity contribution is 7.99. The van der Waals surface area contributed by atoms with Gasteiger partial charge < -0.3 is 24.8 Å². The number of methoxy groups -OCH3 is 2. The van der Waals surface area contributed by atoms with E-state index in [4.69, 9.17) is 37.4 Å². The van der Waals surface area contributed by atoms with Gasteiger partial charge in [0.15, 0.2) is 16.7 Å². The van der Waals surface area contributed by atoms with Crippen molar-refractivity contribution >= 4 is 59.2 Å². The number of rotatable bonds is 14. The van der Waals surface area contributed by atoms with Crippen LogP contribution in [0.25, 0.3) is 11.1 Å². The summed E-state index contributed by atoms with van der Waals surface area (Å²) in [7, 11) is 3.17. The first-order valence-electron chi connectivity index (χ1n) is 14.4. The molecule has 13 heteroatoms. The van der Waals surface area contributed by atoms with Crippen molar-refractivity contribution in [2.45, 2.75) is 56.3 Å². The molecule has 2 N–H and O–H groups in total. The number of carbonyl (C=O) groups excluding carboxylic acids is 2. The Kier molecular flexibility index (Phi) is 14.1. The predicted molar refractivity (Wildman–Crippen MR) is 181 cm³/mol. The number of carbonyl (C=O) groups is 2. The average Bonchev–Trinajstić information content (AvgIpc) is 3.55. The zero-order valence-corrected chi connectivity index (χ0v) is 28.9. The molecular weight excluding hydrogens is 659 g/mol. The second-order valence-corrected chi connectivity index (χ2v) is 12.9. The summed E-state index contributed by atoms with van der Waals surface area (Å²) in [6.07, 6.45) is 6.50. The maximum absolute atomic E-state index is 13.4. The fourth-order valence-electron chi connectivity index (χ4n) is 4.94. The number of hydrogen-bond acceptors (Lipinski definition) is 9. The van der Waals surface area contributed by atoms with E-state index >= 15 is 0 Å². The second-order valence-electron chi connectivity index (χ2n) is 11.2. The van der Waals surface area contributed by atoms with Gasteiger partial charge in [-0.2, -0.15) is 0 Å². The molecule has 2 atom stereocenters. The highest BCUT2D eigenvalue weighted by atomic mass is 35.5. The molecular formula is C32H39Cl3N4O5S. The monoisotopic (exact) mass is 696 g/mol. The Hall–Kier alpha value is -2.76. The molecule has 45 heavy (non-hydrogen) atoms. The van der Waals surface area contributed by atoms with Crippen molar-refractivity contribution in [3.63, 3.8) is 0 Å².